The molecule has 1 aromatic carbocycles. The molecule has 1 aromatic heterocycles. The zero-order chi connectivity index (χ0) is 17.6. The zero-order valence-corrected chi connectivity index (χ0v) is 16.7. The smallest absolute Gasteiger partial charge is 0.262 e. The summed E-state index contributed by atoms with van der Waals surface area (Å²) >= 11 is 9.53. The van der Waals surface area contributed by atoms with Crippen LogP contribution >= 0.6 is 34.7 Å². The molecule has 2 aliphatic rings. The second-order valence-corrected chi connectivity index (χ2v) is 9.50. The van der Waals surface area contributed by atoms with E-state index in [9.17, 15) is 4.79 Å². The molecule has 0 saturated heterocycles. The molecule has 130 valence electrons. The molecule has 25 heavy (non-hydrogen) atoms. The molecule has 2 nitrogen and oxygen atoms in total. The molecule has 5 heteroatoms. The molecular formula is C20H20ClNOS2. The van der Waals surface area contributed by atoms with Crippen LogP contribution in [0.4, 0.5) is 5.69 Å². The highest BCUT2D eigenvalue weighted by Gasteiger charge is 2.27. The van der Waals surface area contributed by atoms with Gasteiger partial charge in [-0.3, -0.25) is 4.79 Å². The Morgan fingerprint density at radius 3 is 2.96 bits per heavy atom. The normalized spacial score (nSPS) is 19.0. The lowest BCUT2D eigenvalue weighted by Crippen LogP contribution is -2.15. The Morgan fingerprint density at radius 1 is 1.32 bits per heavy atom. The minimum absolute atomic E-state index is 0.0270. The maximum Gasteiger partial charge on any atom is 0.262 e. The summed E-state index contributed by atoms with van der Waals surface area (Å²) in [6.45, 7) is 4.29. The zero-order valence-electron chi connectivity index (χ0n) is 14.3. The number of hydrogen-bond donors (Lipinski definition) is 1. The van der Waals surface area contributed by atoms with Gasteiger partial charge < -0.3 is 5.32 Å². The standard InChI is InChI=1S/C20H20ClNOS2/c1-11-3-5-14-15-10-24-19(9-18(15)25-17(14)7-11)20(23)22-16-6-4-13(21)8-12(16)2/h4,6,8-9,11H,3,5,7,10H2,1-2H3,(H,22,23)/t11-/m1/s1. The van der Waals surface area contributed by atoms with E-state index in [-0.39, 0.29) is 5.91 Å². The Morgan fingerprint density at radius 2 is 2.16 bits per heavy atom. The number of benzene rings is 1. The van der Waals surface area contributed by atoms with Gasteiger partial charge in [0, 0.05) is 26.2 Å². The highest BCUT2D eigenvalue weighted by molar-refractivity contribution is 8.03. The molecule has 0 bridgehead atoms. The number of amides is 1. The highest BCUT2D eigenvalue weighted by Crippen LogP contribution is 2.43. The quantitative estimate of drug-likeness (QED) is 0.676. The van der Waals surface area contributed by atoms with Gasteiger partial charge in [0.05, 0.1) is 4.91 Å². The van der Waals surface area contributed by atoms with Gasteiger partial charge in [-0.15, -0.1) is 23.1 Å². The van der Waals surface area contributed by atoms with Gasteiger partial charge >= 0.3 is 0 Å². The molecular weight excluding hydrogens is 370 g/mol. The fourth-order valence-corrected chi connectivity index (χ4v) is 6.39. The lowest BCUT2D eigenvalue weighted by molar-refractivity contribution is -0.112. The van der Waals surface area contributed by atoms with Crippen LogP contribution < -0.4 is 5.32 Å². The van der Waals surface area contributed by atoms with Gasteiger partial charge in [0.25, 0.3) is 5.91 Å². The summed E-state index contributed by atoms with van der Waals surface area (Å²) in [4.78, 5) is 16.3. The molecule has 2 heterocycles. The number of halogens is 1. The molecule has 0 radical (unpaired) electrons. The molecule has 0 saturated carbocycles. The Hall–Kier alpha value is -1.23. The fourth-order valence-electron chi connectivity index (χ4n) is 3.51. The van der Waals surface area contributed by atoms with E-state index in [4.69, 9.17) is 11.6 Å². The number of fused-ring (bicyclic) bond motifs is 3. The predicted octanol–water partition coefficient (Wildman–Crippen LogP) is 6.06. The average molecular weight is 390 g/mol. The van der Waals surface area contributed by atoms with Crippen LogP contribution in [-0.4, -0.2) is 5.91 Å². The number of nitrogens with one attached hydrogen (secondary N) is 1. The van der Waals surface area contributed by atoms with E-state index in [0.29, 0.717) is 5.02 Å². The van der Waals surface area contributed by atoms with Crippen molar-refractivity contribution < 1.29 is 4.79 Å². The van der Waals surface area contributed by atoms with Gasteiger partial charge in [0.1, 0.15) is 0 Å². The first-order valence-corrected chi connectivity index (χ1v) is 10.7. The van der Waals surface area contributed by atoms with Crippen LogP contribution in [0.2, 0.25) is 5.02 Å². The van der Waals surface area contributed by atoms with Crippen molar-refractivity contribution in [2.45, 2.75) is 38.9 Å². The van der Waals surface area contributed by atoms with E-state index in [1.165, 1.54) is 34.6 Å². The van der Waals surface area contributed by atoms with Crippen molar-refractivity contribution in [2.24, 2.45) is 5.92 Å². The van der Waals surface area contributed by atoms with E-state index < -0.39 is 0 Å². The van der Waals surface area contributed by atoms with E-state index in [1.807, 2.05) is 30.4 Å². The molecule has 1 aliphatic carbocycles. The second-order valence-electron chi connectivity index (χ2n) is 6.91. The van der Waals surface area contributed by atoms with Crippen LogP contribution in [0.25, 0.3) is 6.08 Å². The van der Waals surface area contributed by atoms with Crippen molar-refractivity contribution in [3.63, 3.8) is 0 Å². The van der Waals surface area contributed by atoms with Crippen molar-refractivity contribution in [3.8, 4) is 0 Å². The van der Waals surface area contributed by atoms with Crippen molar-refractivity contribution in [2.75, 3.05) is 5.32 Å². The average Bonchev–Trinajstić information content (AvgIpc) is 2.93. The Labute approximate surface area is 161 Å². The first-order valence-electron chi connectivity index (χ1n) is 8.56. The first kappa shape index (κ1) is 17.2. The fraction of sp³-hybridized carbons (Fsp3) is 0.350. The molecule has 0 spiro atoms. The maximum absolute atomic E-state index is 12.7. The largest absolute Gasteiger partial charge is 0.321 e. The number of carbonyl (C=O) groups excluding carboxylic acids is 1. The second kappa shape index (κ2) is 6.82. The topological polar surface area (TPSA) is 29.1 Å². The maximum atomic E-state index is 12.7. The minimum atomic E-state index is -0.0270. The molecule has 1 atom stereocenters. The monoisotopic (exact) mass is 389 g/mol. The molecule has 0 unspecified atom stereocenters. The predicted molar refractivity (Wildman–Crippen MR) is 110 cm³/mol. The van der Waals surface area contributed by atoms with Crippen LogP contribution in [0.5, 0.6) is 0 Å². The highest BCUT2D eigenvalue weighted by atomic mass is 35.5. The Bertz CT molecular complexity index is 884. The SMILES string of the molecule is Cc1cc(Cl)ccc1NC(=O)C1=Cc2sc3c(c2CS1)CC[C@@H](C)C3. The number of carbonyl (C=O) groups is 1. The summed E-state index contributed by atoms with van der Waals surface area (Å²) in [5.74, 6) is 1.66. The van der Waals surface area contributed by atoms with Crippen molar-refractivity contribution in [1.29, 1.82) is 0 Å². The number of hydrogen-bond acceptors (Lipinski definition) is 3. The third-order valence-electron chi connectivity index (χ3n) is 4.95. The third-order valence-corrected chi connectivity index (χ3v) is 7.47. The number of thioether (sulfide) groups is 1. The summed E-state index contributed by atoms with van der Waals surface area (Å²) in [7, 11) is 0. The van der Waals surface area contributed by atoms with Gasteiger partial charge in [-0.2, -0.15) is 0 Å². The van der Waals surface area contributed by atoms with Gasteiger partial charge in [0.15, 0.2) is 0 Å². The summed E-state index contributed by atoms with van der Waals surface area (Å²) in [5, 5.41) is 3.71. The van der Waals surface area contributed by atoms with Gasteiger partial charge in [-0.1, -0.05) is 18.5 Å². The lowest BCUT2D eigenvalue weighted by atomic mass is 9.88. The molecule has 1 N–H and O–H groups in total. The summed E-state index contributed by atoms with van der Waals surface area (Å²) < 4.78 is 0. The Balaban J connectivity index is 1.58. The molecule has 1 aliphatic heterocycles. The van der Waals surface area contributed by atoms with Crippen molar-refractivity contribution in [1.82, 2.24) is 0 Å². The van der Waals surface area contributed by atoms with Crippen LogP contribution in [0.15, 0.2) is 23.1 Å². The Kier molecular flexibility index (Phi) is 4.69. The summed E-state index contributed by atoms with van der Waals surface area (Å²) in [5.41, 5.74) is 4.83. The van der Waals surface area contributed by atoms with Crippen LogP contribution in [0.3, 0.4) is 0 Å². The number of thiophene rings is 1. The van der Waals surface area contributed by atoms with Gasteiger partial charge in [-0.25, -0.2) is 0 Å². The van der Waals surface area contributed by atoms with E-state index >= 15 is 0 Å². The molecule has 2 aromatic rings. The van der Waals surface area contributed by atoms with E-state index in [0.717, 1.165) is 27.8 Å². The van der Waals surface area contributed by atoms with Crippen LogP contribution in [-0.2, 0) is 23.4 Å². The van der Waals surface area contributed by atoms with Crippen LogP contribution in [0, 0.1) is 12.8 Å². The van der Waals surface area contributed by atoms with Crippen molar-refractivity contribution in [3.05, 3.63) is 54.6 Å². The molecule has 1 amide bonds. The summed E-state index contributed by atoms with van der Waals surface area (Å²) in [6, 6.07) is 5.53. The molecule has 0 fully saturated rings. The lowest BCUT2D eigenvalue weighted by Gasteiger charge is -2.20. The molecule has 4 rings (SSSR count). The van der Waals surface area contributed by atoms with Gasteiger partial charge in [-0.05, 0) is 73.1 Å². The van der Waals surface area contributed by atoms with E-state index in [1.54, 1.807) is 23.4 Å². The van der Waals surface area contributed by atoms with E-state index in [2.05, 4.69) is 18.3 Å². The minimum Gasteiger partial charge on any atom is -0.321 e. The summed E-state index contributed by atoms with van der Waals surface area (Å²) in [6.07, 6.45) is 5.75. The third kappa shape index (κ3) is 3.40. The number of anilines is 1. The van der Waals surface area contributed by atoms with Gasteiger partial charge in [0.2, 0.25) is 0 Å². The van der Waals surface area contributed by atoms with Crippen LogP contribution in [0.1, 0.15) is 39.8 Å². The number of aryl methyl sites for hydroxylation is 1. The van der Waals surface area contributed by atoms with Crippen molar-refractivity contribution >= 4 is 52.4 Å². The first-order chi connectivity index (χ1) is 12.0. The number of rotatable bonds is 2.